The minimum atomic E-state index is -1.01. The highest BCUT2D eigenvalue weighted by atomic mass is 16.5. The second kappa shape index (κ2) is 11.0. The maximum atomic E-state index is 11.9. The highest BCUT2D eigenvalue weighted by Crippen LogP contribution is 2.29. The molecule has 11 heteroatoms. The van der Waals surface area contributed by atoms with Crippen molar-refractivity contribution in [3.63, 3.8) is 0 Å². The van der Waals surface area contributed by atoms with Crippen LogP contribution in [0.4, 0.5) is 17.2 Å². The molecule has 5 aromatic rings. The minimum Gasteiger partial charge on any atom is -0.481 e. The number of carbonyl (C=O) groups is 2. The van der Waals surface area contributed by atoms with Gasteiger partial charge in [0.25, 0.3) is 0 Å². The molecule has 5 rings (SSSR count). The van der Waals surface area contributed by atoms with Crippen molar-refractivity contribution in [3.05, 3.63) is 84.6 Å². The van der Waals surface area contributed by atoms with E-state index in [4.69, 9.17) is 9.84 Å². The number of benzene rings is 2. The van der Waals surface area contributed by atoms with E-state index >= 15 is 0 Å². The summed E-state index contributed by atoms with van der Waals surface area (Å²) in [4.78, 5) is 35.5. The summed E-state index contributed by atoms with van der Waals surface area (Å²) >= 11 is 0. The molecule has 0 aliphatic heterocycles. The number of hydrogen-bond acceptors (Lipinski definition) is 8. The SMILES string of the molecule is Cc1ccc(Oc2ccc(Nc3ncnc4cn(-c5ccc(NC(=O)CCC(=O)O)cc5)nc34)cc2C)cn1. The molecule has 11 nitrogen and oxygen atoms in total. The predicted molar refractivity (Wildman–Crippen MR) is 146 cm³/mol. The minimum absolute atomic E-state index is 0.0877. The first-order valence-corrected chi connectivity index (χ1v) is 12.1. The quantitative estimate of drug-likeness (QED) is 0.238. The van der Waals surface area contributed by atoms with Crippen LogP contribution in [-0.4, -0.2) is 41.7 Å². The summed E-state index contributed by atoms with van der Waals surface area (Å²) in [5.41, 5.74) is 5.24. The number of fused-ring (bicyclic) bond motifs is 1. The summed E-state index contributed by atoms with van der Waals surface area (Å²) in [6.07, 6.45) is 4.65. The Morgan fingerprint density at radius 1 is 0.949 bits per heavy atom. The van der Waals surface area contributed by atoms with Crippen LogP contribution >= 0.6 is 0 Å². The molecule has 3 aromatic heterocycles. The fraction of sp³-hybridized carbons (Fsp3) is 0.143. The third-order valence-corrected chi connectivity index (χ3v) is 5.83. The first kappa shape index (κ1) is 25.3. The van der Waals surface area contributed by atoms with E-state index in [0.717, 1.165) is 28.4 Å². The Morgan fingerprint density at radius 3 is 2.46 bits per heavy atom. The summed E-state index contributed by atoms with van der Waals surface area (Å²) in [7, 11) is 0. The second-order valence-corrected chi connectivity index (χ2v) is 8.86. The van der Waals surface area contributed by atoms with Gasteiger partial charge in [-0.15, -0.1) is 0 Å². The lowest BCUT2D eigenvalue weighted by molar-refractivity contribution is -0.138. The number of anilines is 3. The smallest absolute Gasteiger partial charge is 0.303 e. The molecular formula is C28H25N7O4. The van der Waals surface area contributed by atoms with Gasteiger partial charge < -0.3 is 20.5 Å². The first-order valence-electron chi connectivity index (χ1n) is 12.1. The van der Waals surface area contributed by atoms with E-state index in [9.17, 15) is 9.59 Å². The van der Waals surface area contributed by atoms with E-state index in [1.165, 1.54) is 6.33 Å². The van der Waals surface area contributed by atoms with E-state index in [0.29, 0.717) is 28.3 Å². The first-order chi connectivity index (χ1) is 18.8. The van der Waals surface area contributed by atoms with Gasteiger partial charge in [-0.1, -0.05) is 0 Å². The Hall–Kier alpha value is -5.32. The van der Waals surface area contributed by atoms with Crippen molar-refractivity contribution < 1.29 is 19.4 Å². The lowest BCUT2D eigenvalue weighted by Crippen LogP contribution is -2.13. The van der Waals surface area contributed by atoms with Gasteiger partial charge in [-0.2, -0.15) is 5.10 Å². The number of nitrogens with one attached hydrogen (secondary N) is 2. The third kappa shape index (κ3) is 6.16. The van der Waals surface area contributed by atoms with Crippen molar-refractivity contribution in [2.75, 3.05) is 10.6 Å². The molecular weight excluding hydrogens is 498 g/mol. The number of nitrogens with zero attached hydrogens (tertiary/aromatic N) is 5. The number of amides is 1. The second-order valence-electron chi connectivity index (χ2n) is 8.86. The zero-order valence-corrected chi connectivity index (χ0v) is 21.3. The molecule has 39 heavy (non-hydrogen) atoms. The lowest BCUT2D eigenvalue weighted by Gasteiger charge is -2.11. The van der Waals surface area contributed by atoms with E-state index in [2.05, 4.69) is 30.7 Å². The zero-order chi connectivity index (χ0) is 27.4. The Bertz CT molecular complexity index is 1650. The molecule has 0 spiro atoms. The van der Waals surface area contributed by atoms with Crippen molar-refractivity contribution in [1.82, 2.24) is 24.7 Å². The van der Waals surface area contributed by atoms with Gasteiger partial charge in [0, 0.05) is 23.5 Å². The standard InChI is InChI=1S/C28H25N7O4/c1-17-13-20(6-10-24(17)39-22-9-3-18(2)29-14-22)33-28-27-23(30-16-31-28)15-35(34-27)21-7-4-19(5-8-21)32-25(36)11-12-26(37)38/h3-10,13-16H,11-12H2,1-2H3,(H,32,36)(H,37,38)(H,30,31,33). The van der Waals surface area contributed by atoms with Crippen LogP contribution < -0.4 is 15.4 Å². The molecule has 2 aromatic carbocycles. The van der Waals surface area contributed by atoms with Gasteiger partial charge in [0.05, 0.1) is 24.5 Å². The van der Waals surface area contributed by atoms with Crippen LogP contribution in [0.15, 0.2) is 73.3 Å². The highest BCUT2D eigenvalue weighted by molar-refractivity contribution is 5.92. The number of pyridine rings is 1. The average molecular weight is 524 g/mol. The Labute approximate surface area is 223 Å². The van der Waals surface area contributed by atoms with Crippen LogP contribution in [0.3, 0.4) is 0 Å². The van der Waals surface area contributed by atoms with Gasteiger partial charge in [-0.25, -0.2) is 14.6 Å². The molecule has 3 N–H and O–H groups in total. The summed E-state index contributed by atoms with van der Waals surface area (Å²) in [5, 5.41) is 19.4. The van der Waals surface area contributed by atoms with Crippen LogP contribution in [0, 0.1) is 13.8 Å². The van der Waals surface area contributed by atoms with Crippen LogP contribution in [0.1, 0.15) is 24.1 Å². The van der Waals surface area contributed by atoms with E-state index in [-0.39, 0.29) is 18.7 Å². The van der Waals surface area contributed by atoms with E-state index in [1.54, 1.807) is 41.3 Å². The van der Waals surface area contributed by atoms with Crippen molar-refractivity contribution in [1.29, 1.82) is 0 Å². The van der Waals surface area contributed by atoms with Crippen LogP contribution in [0.2, 0.25) is 0 Å². The van der Waals surface area contributed by atoms with Crippen LogP contribution in [-0.2, 0) is 9.59 Å². The topological polar surface area (TPSA) is 144 Å². The van der Waals surface area contributed by atoms with Gasteiger partial charge in [0.1, 0.15) is 23.3 Å². The number of aliphatic carboxylic acids is 1. The molecule has 3 heterocycles. The van der Waals surface area contributed by atoms with E-state index in [1.807, 2.05) is 44.2 Å². The van der Waals surface area contributed by atoms with Gasteiger partial charge in [-0.05, 0) is 74.0 Å². The normalized spacial score (nSPS) is 10.8. The number of ether oxygens (including phenoxy) is 1. The third-order valence-electron chi connectivity index (χ3n) is 5.83. The monoisotopic (exact) mass is 523 g/mol. The molecule has 0 radical (unpaired) electrons. The Morgan fingerprint density at radius 2 is 1.74 bits per heavy atom. The van der Waals surface area contributed by atoms with Gasteiger partial charge in [0.15, 0.2) is 11.3 Å². The summed E-state index contributed by atoms with van der Waals surface area (Å²) in [6.45, 7) is 3.89. The molecule has 1 amide bonds. The summed E-state index contributed by atoms with van der Waals surface area (Å²) in [5.74, 6) is 0.575. The summed E-state index contributed by atoms with van der Waals surface area (Å²) in [6, 6.07) is 16.6. The highest BCUT2D eigenvalue weighted by Gasteiger charge is 2.12. The maximum absolute atomic E-state index is 11.9. The number of carbonyl (C=O) groups excluding carboxylic acids is 1. The fourth-order valence-corrected chi connectivity index (χ4v) is 3.82. The molecule has 0 atom stereocenters. The van der Waals surface area contributed by atoms with Gasteiger partial charge in [0.2, 0.25) is 5.91 Å². The van der Waals surface area contributed by atoms with Gasteiger partial charge in [-0.3, -0.25) is 14.6 Å². The lowest BCUT2D eigenvalue weighted by atomic mass is 10.2. The molecule has 0 unspecified atom stereocenters. The van der Waals surface area contributed by atoms with Crippen molar-refractivity contribution >= 4 is 40.1 Å². The molecule has 0 aliphatic rings. The maximum Gasteiger partial charge on any atom is 0.303 e. The number of carboxylic acids is 1. The molecule has 0 saturated carbocycles. The Kier molecular flexibility index (Phi) is 7.13. The predicted octanol–water partition coefficient (Wildman–Crippen LogP) is 5.17. The zero-order valence-electron chi connectivity index (χ0n) is 21.3. The number of hydrogen-bond donors (Lipinski definition) is 3. The van der Waals surface area contributed by atoms with Crippen molar-refractivity contribution in [2.24, 2.45) is 0 Å². The molecule has 0 bridgehead atoms. The van der Waals surface area contributed by atoms with Crippen LogP contribution in [0.25, 0.3) is 16.7 Å². The van der Waals surface area contributed by atoms with Crippen molar-refractivity contribution in [2.45, 2.75) is 26.7 Å². The molecule has 0 saturated heterocycles. The fourth-order valence-electron chi connectivity index (χ4n) is 3.82. The largest absolute Gasteiger partial charge is 0.481 e. The molecule has 196 valence electrons. The summed E-state index contributed by atoms with van der Waals surface area (Å²) < 4.78 is 7.64. The number of aryl methyl sites for hydroxylation is 2. The molecule has 0 fully saturated rings. The van der Waals surface area contributed by atoms with Gasteiger partial charge >= 0.3 is 5.97 Å². The van der Waals surface area contributed by atoms with E-state index < -0.39 is 5.97 Å². The molecule has 0 aliphatic carbocycles. The van der Waals surface area contributed by atoms with Crippen molar-refractivity contribution in [3.8, 4) is 17.2 Å². The Balaban J connectivity index is 1.31. The number of rotatable bonds is 9. The van der Waals surface area contributed by atoms with Crippen LogP contribution in [0.5, 0.6) is 11.5 Å². The average Bonchev–Trinajstić information content (AvgIpc) is 3.36. The number of aromatic nitrogens is 5. The number of carboxylic acid groups (broad SMARTS) is 1.